The van der Waals surface area contributed by atoms with Crippen LogP contribution in [-0.2, 0) is 9.59 Å². The first kappa shape index (κ1) is 13.4. The predicted octanol–water partition coefficient (Wildman–Crippen LogP) is 1.69. The number of hydrogen-bond acceptors (Lipinski definition) is 2. The zero-order valence-electron chi connectivity index (χ0n) is 11.7. The second-order valence-electron chi connectivity index (χ2n) is 5.93. The number of hydrogen-bond donors (Lipinski definition) is 1. The molecule has 1 aliphatic carbocycles. The van der Waals surface area contributed by atoms with Crippen LogP contribution in [0.25, 0.3) is 0 Å². The highest BCUT2D eigenvalue weighted by Crippen LogP contribution is 2.41. The van der Waals surface area contributed by atoms with Gasteiger partial charge < -0.3 is 10.2 Å². The van der Waals surface area contributed by atoms with Crippen LogP contribution in [0.4, 0.5) is 0 Å². The van der Waals surface area contributed by atoms with Crippen LogP contribution < -0.4 is 5.32 Å². The Kier molecular flexibility index (Phi) is 3.64. The van der Waals surface area contributed by atoms with E-state index in [1.54, 1.807) is 0 Å². The number of carbonyl (C=O) groups is 2. The number of unbranched alkanes of at least 4 members (excludes halogenated alkanes) is 1. The molecule has 2 fully saturated rings. The summed E-state index contributed by atoms with van der Waals surface area (Å²) >= 11 is 0. The Hall–Kier alpha value is -1.06. The van der Waals surface area contributed by atoms with E-state index in [9.17, 15) is 9.59 Å². The highest BCUT2D eigenvalue weighted by Gasteiger charge is 2.51. The van der Waals surface area contributed by atoms with Crippen molar-refractivity contribution >= 4 is 11.8 Å². The van der Waals surface area contributed by atoms with Gasteiger partial charge in [0.2, 0.25) is 11.8 Å². The normalized spacial score (nSPS) is 33.3. The number of amides is 2. The Morgan fingerprint density at radius 2 is 2.06 bits per heavy atom. The molecule has 102 valence electrons. The molecule has 2 unspecified atom stereocenters. The van der Waals surface area contributed by atoms with Gasteiger partial charge in [-0.05, 0) is 39.0 Å². The van der Waals surface area contributed by atoms with E-state index < -0.39 is 5.54 Å². The molecule has 18 heavy (non-hydrogen) atoms. The van der Waals surface area contributed by atoms with Gasteiger partial charge in [-0.25, -0.2) is 0 Å². The first-order chi connectivity index (χ1) is 8.49. The van der Waals surface area contributed by atoms with Crippen molar-refractivity contribution in [3.63, 3.8) is 0 Å². The minimum absolute atomic E-state index is 0.0178. The first-order valence-corrected chi connectivity index (χ1v) is 7.11. The molecule has 1 saturated heterocycles. The van der Waals surface area contributed by atoms with Crippen molar-refractivity contribution in [1.82, 2.24) is 10.2 Å². The third-order valence-corrected chi connectivity index (χ3v) is 4.26. The molecule has 0 bridgehead atoms. The summed E-state index contributed by atoms with van der Waals surface area (Å²) in [6.07, 6.45) is 4.61. The summed E-state index contributed by atoms with van der Waals surface area (Å²) in [6, 6.07) is 0.0182. The third-order valence-electron chi connectivity index (χ3n) is 4.26. The van der Waals surface area contributed by atoms with Crippen molar-refractivity contribution in [2.75, 3.05) is 6.54 Å². The molecule has 4 nitrogen and oxygen atoms in total. The predicted molar refractivity (Wildman–Crippen MR) is 70.0 cm³/mol. The van der Waals surface area contributed by atoms with Crippen molar-refractivity contribution in [1.29, 1.82) is 0 Å². The van der Waals surface area contributed by atoms with Crippen molar-refractivity contribution < 1.29 is 9.59 Å². The van der Waals surface area contributed by atoms with Crippen molar-refractivity contribution in [3.8, 4) is 0 Å². The van der Waals surface area contributed by atoms with Gasteiger partial charge in [-0.1, -0.05) is 13.3 Å². The monoisotopic (exact) mass is 252 g/mol. The summed E-state index contributed by atoms with van der Waals surface area (Å²) in [5.41, 5.74) is -0.657. The number of nitrogens with zero attached hydrogens (tertiary/aromatic N) is 1. The van der Waals surface area contributed by atoms with E-state index in [0.717, 1.165) is 32.2 Å². The Balaban J connectivity index is 2.21. The van der Waals surface area contributed by atoms with Gasteiger partial charge in [0.1, 0.15) is 5.54 Å². The lowest BCUT2D eigenvalue weighted by Gasteiger charge is -2.34. The maximum absolute atomic E-state index is 12.7. The topological polar surface area (TPSA) is 49.4 Å². The van der Waals surface area contributed by atoms with Gasteiger partial charge in [-0.2, -0.15) is 0 Å². The van der Waals surface area contributed by atoms with E-state index in [-0.39, 0.29) is 17.9 Å². The van der Waals surface area contributed by atoms with E-state index in [4.69, 9.17) is 0 Å². The molecule has 2 rings (SSSR count). The molecule has 2 aliphatic rings. The largest absolute Gasteiger partial charge is 0.342 e. The average Bonchev–Trinajstić information content (AvgIpc) is 3.11. The molecule has 2 atom stereocenters. The van der Waals surface area contributed by atoms with Crippen molar-refractivity contribution in [3.05, 3.63) is 0 Å². The lowest BCUT2D eigenvalue weighted by Crippen LogP contribution is -2.57. The first-order valence-electron chi connectivity index (χ1n) is 7.11. The maximum atomic E-state index is 12.7. The average molecular weight is 252 g/mol. The molecule has 1 saturated carbocycles. The lowest BCUT2D eigenvalue weighted by atomic mass is 9.94. The highest BCUT2D eigenvalue weighted by molar-refractivity contribution is 5.94. The summed E-state index contributed by atoms with van der Waals surface area (Å²) in [6.45, 7) is 6.78. The summed E-state index contributed by atoms with van der Waals surface area (Å²) in [7, 11) is 0. The standard InChI is InChI=1S/C14H24N2O2/c1-4-5-8-16-10(2)9-12(17)15-14(3,13(16)18)11-6-7-11/h10-11H,4-9H2,1-3H3,(H,15,17). The fourth-order valence-corrected chi connectivity index (χ4v) is 2.86. The Bertz CT molecular complexity index is 352. The molecule has 2 amide bonds. The molecule has 0 aromatic carbocycles. The molecule has 4 heteroatoms. The minimum atomic E-state index is -0.657. The highest BCUT2D eigenvalue weighted by atomic mass is 16.2. The summed E-state index contributed by atoms with van der Waals surface area (Å²) < 4.78 is 0. The van der Waals surface area contributed by atoms with Gasteiger partial charge in [0.05, 0.1) is 0 Å². The van der Waals surface area contributed by atoms with Gasteiger partial charge in [0, 0.05) is 19.0 Å². The molecule has 0 radical (unpaired) electrons. The minimum Gasteiger partial charge on any atom is -0.342 e. The quantitative estimate of drug-likeness (QED) is 0.827. The van der Waals surface area contributed by atoms with Gasteiger partial charge in [0.25, 0.3) is 0 Å². The molecule has 1 N–H and O–H groups in total. The Labute approximate surface area is 109 Å². The van der Waals surface area contributed by atoms with Crippen LogP contribution in [0.3, 0.4) is 0 Å². The van der Waals surface area contributed by atoms with Crippen LogP contribution in [0.15, 0.2) is 0 Å². The van der Waals surface area contributed by atoms with Crippen LogP contribution in [0.1, 0.15) is 52.9 Å². The third kappa shape index (κ3) is 2.38. The Morgan fingerprint density at radius 1 is 1.39 bits per heavy atom. The van der Waals surface area contributed by atoms with Crippen LogP contribution in [0.5, 0.6) is 0 Å². The van der Waals surface area contributed by atoms with E-state index in [2.05, 4.69) is 12.2 Å². The fraction of sp³-hybridized carbons (Fsp3) is 0.857. The zero-order chi connectivity index (χ0) is 13.3. The molecular formula is C14H24N2O2. The van der Waals surface area contributed by atoms with Gasteiger partial charge in [0.15, 0.2) is 0 Å². The number of rotatable bonds is 4. The smallest absolute Gasteiger partial charge is 0.248 e. The Morgan fingerprint density at radius 3 is 2.61 bits per heavy atom. The molecule has 1 aliphatic heterocycles. The van der Waals surface area contributed by atoms with Crippen LogP contribution in [0, 0.1) is 5.92 Å². The van der Waals surface area contributed by atoms with E-state index in [1.165, 1.54) is 0 Å². The summed E-state index contributed by atoms with van der Waals surface area (Å²) in [4.78, 5) is 26.6. The van der Waals surface area contributed by atoms with Crippen molar-refractivity contribution in [2.24, 2.45) is 5.92 Å². The van der Waals surface area contributed by atoms with Gasteiger partial charge in [-0.3, -0.25) is 9.59 Å². The van der Waals surface area contributed by atoms with Crippen molar-refractivity contribution in [2.45, 2.75) is 64.5 Å². The van der Waals surface area contributed by atoms with Crippen LogP contribution in [-0.4, -0.2) is 34.8 Å². The second-order valence-corrected chi connectivity index (χ2v) is 5.93. The zero-order valence-corrected chi connectivity index (χ0v) is 11.7. The SMILES string of the molecule is CCCCN1C(=O)C(C)(C2CC2)NC(=O)CC1C. The van der Waals surface area contributed by atoms with E-state index >= 15 is 0 Å². The molecule has 0 spiro atoms. The van der Waals surface area contributed by atoms with Gasteiger partial charge >= 0.3 is 0 Å². The van der Waals surface area contributed by atoms with Crippen LogP contribution in [0.2, 0.25) is 0 Å². The molecular weight excluding hydrogens is 228 g/mol. The maximum Gasteiger partial charge on any atom is 0.248 e. The molecule has 0 aromatic rings. The lowest BCUT2D eigenvalue weighted by molar-refractivity contribution is -0.140. The molecule has 0 aromatic heterocycles. The number of carbonyl (C=O) groups excluding carboxylic acids is 2. The number of nitrogens with one attached hydrogen (secondary N) is 1. The van der Waals surface area contributed by atoms with E-state index in [1.807, 2.05) is 18.7 Å². The van der Waals surface area contributed by atoms with Gasteiger partial charge in [-0.15, -0.1) is 0 Å². The summed E-state index contributed by atoms with van der Waals surface area (Å²) in [5.74, 6) is 0.476. The summed E-state index contributed by atoms with van der Waals surface area (Å²) in [5, 5.41) is 2.97. The molecule has 1 heterocycles. The second kappa shape index (κ2) is 4.90. The van der Waals surface area contributed by atoms with Crippen LogP contribution >= 0.6 is 0 Å². The fourth-order valence-electron chi connectivity index (χ4n) is 2.86. The van der Waals surface area contributed by atoms with E-state index in [0.29, 0.717) is 12.3 Å².